The Balaban J connectivity index is 1.64. The van der Waals surface area contributed by atoms with Crippen molar-refractivity contribution >= 4 is 11.7 Å². The van der Waals surface area contributed by atoms with E-state index in [4.69, 9.17) is 4.74 Å². The lowest BCUT2D eigenvalue weighted by Crippen LogP contribution is -2.38. The fourth-order valence-electron chi connectivity index (χ4n) is 2.97. The van der Waals surface area contributed by atoms with Crippen molar-refractivity contribution in [3.63, 3.8) is 0 Å². The Morgan fingerprint density at radius 1 is 1.15 bits per heavy atom. The monoisotopic (exact) mass is 273 g/mol. The van der Waals surface area contributed by atoms with E-state index in [0.717, 1.165) is 43.5 Å². The minimum atomic E-state index is 0.0478. The number of carbonyl (C=O) groups is 2. The first-order valence-electron chi connectivity index (χ1n) is 7.31. The van der Waals surface area contributed by atoms with Crippen molar-refractivity contribution in [2.24, 2.45) is 0 Å². The van der Waals surface area contributed by atoms with Gasteiger partial charge in [-0.05, 0) is 31.7 Å². The van der Waals surface area contributed by atoms with E-state index in [1.54, 1.807) is 0 Å². The van der Waals surface area contributed by atoms with Crippen molar-refractivity contribution in [2.75, 3.05) is 19.7 Å². The number of benzene rings is 1. The highest BCUT2D eigenvalue weighted by molar-refractivity contribution is 6.01. The molecule has 0 aromatic heterocycles. The number of carbonyl (C=O) groups excluding carboxylic acids is 2. The number of amides is 1. The quantitative estimate of drug-likeness (QED) is 0.848. The van der Waals surface area contributed by atoms with Crippen molar-refractivity contribution in [3.05, 3.63) is 29.3 Å². The highest BCUT2D eigenvalue weighted by Gasteiger charge is 2.23. The first-order chi connectivity index (χ1) is 9.75. The molecule has 0 saturated carbocycles. The first-order valence-corrected chi connectivity index (χ1v) is 7.31. The summed E-state index contributed by atoms with van der Waals surface area (Å²) in [7, 11) is 0. The summed E-state index contributed by atoms with van der Waals surface area (Å²) in [6, 6.07) is 5.51. The normalized spacial score (nSPS) is 18.0. The summed E-state index contributed by atoms with van der Waals surface area (Å²) in [4.78, 5) is 25.6. The van der Waals surface area contributed by atoms with Crippen LogP contribution in [0.2, 0.25) is 0 Å². The fourth-order valence-corrected chi connectivity index (χ4v) is 2.97. The van der Waals surface area contributed by atoms with E-state index in [-0.39, 0.29) is 18.3 Å². The van der Waals surface area contributed by atoms with Gasteiger partial charge in [0.25, 0.3) is 5.91 Å². The summed E-state index contributed by atoms with van der Waals surface area (Å²) in [5.74, 6) is 0.915. The van der Waals surface area contributed by atoms with Gasteiger partial charge in [-0.1, -0.05) is 12.1 Å². The van der Waals surface area contributed by atoms with Gasteiger partial charge in [-0.2, -0.15) is 0 Å². The lowest BCUT2D eigenvalue weighted by Gasteiger charge is -2.26. The molecule has 1 saturated heterocycles. The van der Waals surface area contributed by atoms with Gasteiger partial charge in [-0.15, -0.1) is 0 Å². The molecule has 1 fully saturated rings. The van der Waals surface area contributed by atoms with Crippen LogP contribution in [0.1, 0.15) is 41.6 Å². The molecule has 0 N–H and O–H groups in total. The molecule has 1 aromatic rings. The van der Waals surface area contributed by atoms with Crippen LogP contribution in [-0.2, 0) is 11.2 Å². The number of fused-ring (bicyclic) bond motifs is 1. The highest BCUT2D eigenvalue weighted by atomic mass is 16.5. The summed E-state index contributed by atoms with van der Waals surface area (Å²) in [6.07, 6.45) is 4.65. The number of rotatable bonds is 3. The van der Waals surface area contributed by atoms with E-state index in [1.807, 2.05) is 23.1 Å². The molecule has 0 bridgehead atoms. The van der Waals surface area contributed by atoms with Crippen LogP contribution in [0.5, 0.6) is 5.75 Å². The third-order valence-electron chi connectivity index (χ3n) is 4.10. The van der Waals surface area contributed by atoms with Crippen molar-refractivity contribution in [1.29, 1.82) is 0 Å². The topological polar surface area (TPSA) is 46.6 Å². The van der Waals surface area contributed by atoms with Crippen molar-refractivity contribution in [1.82, 2.24) is 4.90 Å². The van der Waals surface area contributed by atoms with E-state index in [0.29, 0.717) is 12.2 Å². The Morgan fingerprint density at radius 3 is 2.75 bits per heavy atom. The molecule has 1 amide bonds. The molecule has 0 spiro atoms. The van der Waals surface area contributed by atoms with Gasteiger partial charge in [-0.3, -0.25) is 9.59 Å². The number of ether oxygens (including phenoxy) is 1. The molecule has 0 radical (unpaired) electrons. The van der Waals surface area contributed by atoms with E-state index < -0.39 is 0 Å². The van der Waals surface area contributed by atoms with Crippen LogP contribution < -0.4 is 4.74 Å². The Morgan fingerprint density at radius 2 is 1.95 bits per heavy atom. The van der Waals surface area contributed by atoms with Gasteiger partial charge in [0, 0.05) is 30.6 Å². The molecule has 3 rings (SSSR count). The molecule has 106 valence electrons. The predicted molar refractivity (Wildman–Crippen MR) is 75.0 cm³/mol. The standard InChI is InChI=1S/C16H19NO3/c18-14-8-7-13-12(14)5-4-6-15(13)20-11-16(19)17-9-2-1-3-10-17/h4-6H,1-3,7-11H2. The van der Waals surface area contributed by atoms with Crippen molar-refractivity contribution in [3.8, 4) is 5.75 Å². The zero-order valence-corrected chi connectivity index (χ0v) is 11.6. The molecule has 1 aliphatic heterocycles. The lowest BCUT2D eigenvalue weighted by atomic mass is 10.1. The zero-order chi connectivity index (χ0) is 13.9. The Bertz CT molecular complexity index is 533. The Hall–Kier alpha value is -1.84. The van der Waals surface area contributed by atoms with Crippen LogP contribution in [-0.4, -0.2) is 36.3 Å². The maximum Gasteiger partial charge on any atom is 0.260 e. The van der Waals surface area contributed by atoms with Crippen molar-refractivity contribution in [2.45, 2.75) is 32.1 Å². The van der Waals surface area contributed by atoms with Gasteiger partial charge >= 0.3 is 0 Å². The van der Waals surface area contributed by atoms with Crippen LogP contribution in [0.3, 0.4) is 0 Å². The third kappa shape index (κ3) is 2.55. The van der Waals surface area contributed by atoms with Crippen LogP contribution in [0.4, 0.5) is 0 Å². The van der Waals surface area contributed by atoms with Crippen LogP contribution in [0.25, 0.3) is 0 Å². The second kappa shape index (κ2) is 5.65. The maximum absolute atomic E-state index is 12.1. The highest BCUT2D eigenvalue weighted by Crippen LogP contribution is 2.30. The molecular formula is C16H19NO3. The summed E-state index contributed by atoms with van der Waals surface area (Å²) >= 11 is 0. The second-order valence-corrected chi connectivity index (χ2v) is 5.44. The maximum atomic E-state index is 12.1. The second-order valence-electron chi connectivity index (χ2n) is 5.44. The predicted octanol–water partition coefficient (Wildman–Crippen LogP) is 2.21. The van der Waals surface area contributed by atoms with Gasteiger partial charge in [0.2, 0.25) is 0 Å². The number of Topliss-reactive ketones (excluding diaryl/α,β-unsaturated/α-hetero) is 1. The van der Waals surface area contributed by atoms with Gasteiger partial charge < -0.3 is 9.64 Å². The van der Waals surface area contributed by atoms with Crippen LogP contribution >= 0.6 is 0 Å². The summed E-state index contributed by atoms with van der Waals surface area (Å²) < 4.78 is 5.67. The fraction of sp³-hybridized carbons (Fsp3) is 0.500. The van der Waals surface area contributed by atoms with E-state index in [2.05, 4.69) is 0 Å². The van der Waals surface area contributed by atoms with E-state index in [1.165, 1.54) is 6.42 Å². The zero-order valence-electron chi connectivity index (χ0n) is 11.6. The Labute approximate surface area is 118 Å². The average Bonchev–Trinajstić information content (AvgIpc) is 2.88. The average molecular weight is 273 g/mol. The molecule has 1 heterocycles. The van der Waals surface area contributed by atoms with Gasteiger partial charge in [0.05, 0.1) is 0 Å². The molecule has 1 aliphatic carbocycles. The van der Waals surface area contributed by atoms with Gasteiger partial charge in [0.1, 0.15) is 5.75 Å². The van der Waals surface area contributed by atoms with E-state index in [9.17, 15) is 9.59 Å². The number of ketones is 1. The molecule has 20 heavy (non-hydrogen) atoms. The molecule has 0 unspecified atom stereocenters. The number of hydrogen-bond donors (Lipinski definition) is 0. The molecule has 0 atom stereocenters. The number of hydrogen-bond acceptors (Lipinski definition) is 3. The molecule has 1 aromatic carbocycles. The molecular weight excluding hydrogens is 254 g/mol. The largest absolute Gasteiger partial charge is 0.483 e. The summed E-state index contributed by atoms with van der Waals surface area (Å²) in [5, 5.41) is 0. The smallest absolute Gasteiger partial charge is 0.260 e. The summed E-state index contributed by atoms with van der Waals surface area (Å²) in [6.45, 7) is 1.76. The minimum Gasteiger partial charge on any atom is -0.483 e. The third-order valence-corrected chi connectivity index (χ3v) is 4.10. The number of nitrogens with zero attached hydrogens (tertiary/aromatic N) is 1. The molecule has 2 aliphatic rings. The molecule has 4 heteroatoms. The van der Waals surface area contributed by atoms with Gasteiger partial charge in [-0.25, -0.2) is 0 Å². The van der Waals surface area contributed by atoms with Crippen molar-refractivity contribution < 1.29 is 14.3 Å². The minimum absolute atomic E-state index is 0.0478. The summed E-state index contributed by atoms with van der Waals surface area (Å²) in [5.41, 5.74) is 1.72. The van der Waals surface area contributed by atoms with Crippen LogP contribution in [0.15, 0.2) is 18.2 Å². The SMILES string of the molecule is O=C1CCc2c(OCC(=O)N3CCCCC3)cccc21. The van der Waals surface area contributed by atoms with E-state index >= 15 is 0 Å². The number of likely N-dealkylation sites (tertiary alicyclic amines) is 1. The molecule has 4 nitrogen and oxygen atoms in total. The van der Waals surface area contributed by atoms with Crippen LogP contribution in [0, 0.1) is 0 Å². The lowest BCUT2D eigenvalue weighted by molar-refractivity contribution is -0.134. The van der Waals surface area contributed by atoms with Gasteiger partial charge in [0.15, 0.2) is 12.4 Å². The first kappa shape index (κ1) is 13.2. The Kier molecular flexibility index (Phi) is 3.72. The number of piperidine rings is 1.